The second-order valence-corrected chi connectivity index (χ2v) is 18.3. The van der Waals surface area contributed by atoms with E-state index in [9.17, 15) is 0 Å². The molecule has 0 aliphatic carbocycles. The van der Waals surface area contributed by atoms with Crippen molar-refractivity contribution >= 4 is 45.2 Å². The van der Waals surface area contributed by atoms with Crippen LogP contribution < -0.4 is 0 Å². The van der Waals surface area contributed by atoms with Gasteiger partial charge in [-0.1, -0.05) is 0 Å². The fraction of sp³-hybridized carbons (Fsp3) is 0.400. The van der Waals surface area contributed by atoms with E-state index >= 15 is 0 Å². The van der Waals surface area contributed by atoms with Gasteiger partial charge in [0, 0.05) is 29.4 Å². The summed E-state index contributed by atoms with van der Waals surface area (Å²) in [7, 11) is 0. The normalized spacial score (nSPS) is 11.7. The molecule has 0 aromatic heterocycles. The van der Waals surface area contributed by atoms with Crippen molar-refractivity contribution in [3.63, 3.8) is 0 Å². The highest BCUT2D eigenvalue weighted by molar-refractivity contribution is 14.1. The summed E-state index contributed by atoms with van der Waals surface area (Å²) < 4.78 is 2.71. The van der Waals surface area contributed by atoms with Gasteiger partial charge in [0.2, 0.25) is 0 Å². The molecular formula is C50H60I2. The minimum absolute atomic E-state index is 1.36. The Labute approximate surface area is 343 Å². The molecule has 0 heterocycles. The second-order valence-electron chi connectivity index (χ2n) is 16.1. The van der Waals surface area contributed by atoms with Crippen molar-refractivity contribution in [3.05, 3.63) is 118 Å². The fourth-order valence-corrected chi connectivity index (χ4v) is 11.3. The van der Waals surface area contributed by atoms with E-state index in [2.05, 4.69) is 184 Å². The largest absolute Gasteiger partial charge is 0.0447 e. The minimum Gasteiger partial charge on any atom is -0.0447 e. The van der Waals surface area contributed by atoms with E-state index in [-0.39, 0.29) is 0 Å². The summed E-state index contributed by atoms with van der Waals surface area (Å²) in [6.45, 7) is 46.8. The number of hydrogen-bond donors (Lipinski definition) is 0. The number of hydrogen-bond acceptors (Lipinski definition) is 0. The zero-order chi connectivity index (χ0) is 39.3. The van der Waals surface area contributed by atoms with Crippen LogP contribution in [0.2, 0.25) is 0 Å². The summed E-state index contributed by atoms with van der Waals surface area (Å²) in [5, 5.41) is 0. The zero-order valence-corrected chi connectivity index (χ0v) is 40.1. The van der Waals surface area contributed by atoms with E-state index in [0.717, 1.165) is 0 Å². The lowest BCUT2D eigenvalue weighted by atomic mass is 9.75. The Kier molecular flexibility index (Phi) is 11.2. The molecule has 5 aromatic carbocycles. The Morgan fingerprint density at radius 3 is 0.365 bits per heavy atom. The van der Waals surface area contributed by atoms with Crippen LogP contribution in [0, 0.1) is 146 Å². The van der Waals surface area contributed by atoms with Crippen molar-refractivity contribution in [1.29, 1.82) is 0 Å². The first-order chi connectivity index (χ1) is 24.0. The third kappa shape index (κ3) is 5.78. The lowest BCUT2D eigenvalue weighted by Gasteiger charge is -2.32. The fourth-order valence-electron chi connectivity index (χ4n) is 9.13. The highest BCUT2D eigenvalue weighted by Crippen LogP contribution is 2.56. The number of benzene rings is 5. The summed E-state index contributed by atoms with van der Waals surface area (Å²) in [6.07, 6.45) is 0. The quantitative estimate of drug-likeness (QED) is 0.158. The highest BCUT2D eigenvalue weighted by atomic mass is 127. The highest BCUT2D eigenvalue weighted by Gasteiger charge is 2.33. The summed E-state index contributed by atoms with van der Waals surface area (Å²) in [5.74, 6) is 0. The molecule has 0 radical (unpaired) electrons. The average Bonchev–Trinajstić information content (AvgIpc) is 3.11. The lowest BCUT2D eigenvalue weighted by Crippen LogP contribution is -2.11. The molecular weight excluding hydrogens is 854 g/mol. The van der Waals surface area contributed by atoms with Gasteiger partial charge in [-0.2, -0.15) is 0 Å². The third-order valence-corrected chi connectivity index (χ3v) is 16.5. The van der Waals surface area contributed by atoms with E-state index in [0.29, 0.717) is 0 Å². The van der Waals surface area contributed by atoms with Gasteiger partial charge in [0.1, 0.15) is 0 Å². The van der Waals surface area contributed by atoms with Crippen LogP contribution in [0.15, 0.2) is 0 Å². The summed E-state index contributed by atoms with van der Waals surface area (Å²) in [5.41, 5.74) is 39.1. The minimum atomic E-state index is 1.36. The molecule has 0 aliphatic rings. The first kappa shape index (κ1) is 40.7. The van der Waals surface area contributed by atoms with E-state index in [4.69, 9.17) is 0 Å². The van der Waals surface area contributed by atoms with Gasteiger partial charge in [-0.15, -0.1) is 0 Å². The third-order valence-electron chi connectivity index (χ3n) is 14.4. The Balaban J connectivity index is 2.30. The van der Waals surface area contributed by atoms with Crippen LogP contribution in [-0.2, 0) is 0 Å². The zero-order valence-electron chi connectivity index (χ0n) is 35.8. The molecule has 0 fully saturated rings. The molecule has 274 valence electrons. The van der Waals surface area contributed by atoms with Crippen molar-refractivity contribution < 1.29 is 0 Å². The predicted molar refractivity (Wildman–Crippen MR) is 248 cm³/mol. The van der Waals surface area contributed by atoms with Gasteiger partial charge in [-0.3, -0.25) is 0 Å². The van der Waals surface area contributed by atoms with E-state index < -0.39 is 0 Å². The van der Waals surface area contributed by atoms with E-state index in [1.165, 1.54) is 163 Å². The molecule has 0 spiro atoms. The van der Waals surface area contributed by atoms with Crippen LogP contribution in [0.4, 0.5) is 0 Å². The molecule has 0 bridgehead atoms. The molecule has 52 heavy (non-hydrogen) atoms. The Hall–Kier alpha value is -2.44. The second kappa shape index (κ2) is 14.3. The molecule has 5 rings (SSSR count). The molecule has 0 saturated heterocycles. The molecule has 0 saturated carbocycles. The van der Waals surface area contributed by atoms with Crippen LogP contribution in [0.25, 0.3) is 44.5 Å². The van der Waals surface area contributed by atoms with Crippen LogP contribution in [0.1, 0.15) is 111 Å². The SMILES string of the molecule is Cc1c(C)c(C)c(-c2c(I)c(-c3c(C)c(C)c(C)c(C)c3C)c(-c3c(C)c(C)c(C)c(C)c3C)c(I)c2-c2c(C)c(C)c(C)c(C)c2C)c(C)c1C. The van der Waals surface area contributed by atoms with Crippen molar-refractivity contribution in [3.8, 4) is 44.5 Å². The summed E-state index contributed by atoms with van der Waals surface area (Å²) in [6, 6.07) is 0. The van der Waals surface area contributed by atoms with Crippen LogP contribution in [-0.4, -0.2) is 0 Å². The molecule has 0 nitrogen and oxygen atoms in total. The maximum Gasteiger partial charge on any atom is 0.0300 e. The lowest BCUT2D eigenvalue weighted by molar-refractivity contribution is 1.16. The molecule has 0 aliphatic heterocycles. The first-order valence-electron chi connectivity index (χ1n) is 18.9. The van der Waals surface area contributed by atoms with Gasteiger partial charge in [0.05, 0.1) is 0 Å². The molecule has 0 unspecified atom stereocenters. The van der Waals surface area contributed by atoms with E-state index in [1.807, 2.05) is 0 Å². The van der Waals surface area contributed by atoms with Crippen molar-refractivity contribution in [2.75, 3.05) is 0 Å². The van der Waals surface area contributed by atoms with Crippen LogP contribution >= 0.6 is 45.2 Å². The maximum absolute atomic E-state index is 2.79. The molecule has 5 aromatic rings. The predicted octanol–water partition coefficient (Wildman–Crippen LogP) is 15.7. The Morgan fingerprint density at radius 1 is 0.154 bits per heavy atom. The van der Waals surface area contributed by atoms with Crippen molar-refractivity contribution in [2.45, 2.75) is 138 Å². The standard InChI is InChI=1S/C50H60I2/c1-21-25(5)33(13)41(34(14)26(21)6)45-46(42-35(15)27(7)22(2)28(8)36(42)16)50(52)48(44-39(19)31(11)24(4)32(12)40(44)20)47(49(45)51)43-37(17)29(9)23(3)30(10)38(43)18/h1-20H3. The summed E-state index contributed by atoms with van der Waals surface area (Å²) >= 11 is 5.58. The van der Waals surface area contributed by atoms with Gasteiger partial charge in [0.25, 0.3) is 0 Å². The molecule has 0 N–H and O–H groups in total. The van der Waals surface area contributed by atoms with Gasteiger partial charge >= 0.3 is 0 Å². The monoisotopic (exact) mass is 914 g/mol. The average molecular weight is 915 g/mol. The van der Waals surface area contributed by atoms with Crippen LogP contribution in [0.5, 0.6) is 0 Å². The van der Waals surface area contributed by atoms with Crippen molar-refractivity contribution in [2.24, 2.45) is 0 Å². The van der Waals surface area contributed by atoms with Gasteiger partial charge in [-0.25, -0.2) is 0 Å². The smallest absolute Gasteiger partial charge is 0.0300 e. The maximum atomic E-state index is 2.79. The first-order valence-corrected chi connectivity index (χ1v) is 21.0. The van der Waals surface area contributed by atoms with Gasteiger partial charge in [-0.05, 0) is 317 Å². The number of rotatable bonds is 4. The molecule has 2 heteroatoms. The number of halogens is 2. The topological polar surface area (TPSA) is 0 Å². The molecule has 0 amide bonds. The van der Waals surface area contributed by atoms with Crippen molar-refractivity contribution in [1.82, 2.24) is 0 Å². The van der Waals surface area contributed by atoms with E-state index in [1.54, 1.807) is 0 Å². The van der Waals surface area contributed by atoms with Crippen LogP contribution in [0.3, 0.4) is 0 Å². The molecule has 0 atom stereocenters. The summed E-state index contributed by atoms with van der Waals surface area (Å²) in [4.78, 5) is 0. The Morgan fingerprint density at radius 2 is 0.250 bits per heavy atom. The Bertz CT molecular complexity index is 1940. The van der Waals surface area contributed by atoms with Gasteiger partial charge < -0.3 is 0 Å². The van der Waals surface area contributed by atoms with Gasteiger partial charge in [0.15, 0.2) is 0 Å².